The number of hydrogen-bond donors (Lipinski definition) is 0. The summed E-state index contributed by atoms with van der Waals surface area (Å²) in [5.74, 6) is 0.260. The fourth-order valence-electron chi connectivity index (χ4n) is 4.42. The van der Waals surface area contributed by atoms with E-state index in [9.17, 15) is 22.8 Å². The number of halogens is 3. The third-order valence-electron chi connectivity index (χ3n) is 6.56. The Bertz CT molecular complexity index is 951. The van der Waals surface area contributed by atoms with Gasteiger partial charge in [-0.15, -0.1) is 0 Å². The van der Waals surface area contributed by atoms with Gasteiger partial charge in [0.25, 0.3) is 0 Å². The van der Waals surface area contributed by atoms with Crippen molar-refractivity contribution in [2.75, 3.05) is 25.2 Å². The first-order valence-corrected chi connectivity index (χ1v) is 10.8. The second-order valence-electron chi connectivity index (χ2n) is 8.63. The van der Waals surface area contributed by atoms with Crippen LogP contribution in [0.3, 0.4) is 0 Å². The normalized spacial score (nSPS) is 23.4. The molecule has 4 rings (SSSR count). The van der Waals surface area contributed by atoms with Crippen molar-refractivity contribution in [1.29, 1.82) is 0 Å². The number of anilines is 1. The lowest BCUT2D eigenvalue weighted by molar-refractivity contribution is -0.213. The number of carbonyl (C=O) groups excluding carboxylic acids is 2. The first-order chi connectivity index (χ1) is 15.3. The summed E-state index contributed by atoms with van der Waals surface area (Å²) in [7, 11) is 1.27. The van der Waals surface area contributed by atoms with Gasteiger partial charge in [-0.1, -0.05) is 18.2 Å². The first kappa shape index (κ1) is 22.4. The van der Waals surface area contributed by atoms with E-state index in [4.69, 9.17) is 9.47 Å². The molecule has 0 saturated heterocycles. The molecule has 3 aliphatic rings. The summed E-state index contributed by atoms with van der Waals surface area (Å²) in [4.78, 5) is 24.9. The highest BCUT2D eigenvalue weighted by Crippen LogP contribution is 2.48. The van der Waals surface area contributed by atoms with Crippen molar-refractivity contribution in [3.63, 3.8) is 0 Å². The van der Waals surface area contributed by atoms with E-state index >= 15 is 0 Å². The van der Waals surface area contributed by atoms with Crippen LogP contribution in [0.15, 0.2) is 42.0 Å². The number of nitrogens with zero attached hydrogens (tertiary/aromatic N) is 1. The minimum Gasteiger partial charge on any atom is -0.492 e. The van der Waals surface area contributed by atoms with Gasteiger partial charge in [0.1, 0.15) is 30.1 Å². The quantitative estimate of drug-likeness (QED) is 0.435. The molecule has 0 spiro atoms. The maximum atomic E-state index is 13.9. The van der Waals surface area contributed by atoms with Gasteiger partial charge in [-0.25, -0.2) is 4.79 Å². The van der Waals surface area contributed by atoms with Crippen molar-refractivity contribution >= 4 is 17.9 Å². The van der Waals surface area contributed by atoms with Crippen molar-refractivity contribution < 1.29 is 32.2 Å². The molecule has 1 aromatic rings. The van der Waals surface area contributed by atoms with E-state index in [1.807, 2.05) is 0 Å². The van der Waals surface area contributed by atoms with Gasteiger partial charge >= 0.3 is 12.1 Å². The minimum atomic E-state index is -4.43. The monoisotopic (exact) mass is 449 g/mol. The van der Waals surface area contributed by atoms with Crippen molar-refractivity contribution in [1.82, 2.24) is 0 Å². The second kappa shape index (κ2) is 8.64. The zero-order chi connectivity index (χ0) is 22.9. The maximum Gasteiger partial charge on any atom is 0.401 e. The third-order valence-corrected chi connectivity index (χ3v) is 6.56. The molecule has 1 aromatic carbocycles. The summed E-state index contributed by atoms with van der Waals surface area (Å²) < 4.78 is 52.3. The molecule has 2 aliphatic carbocycles. The van der Waals surface area contributed by atoms with Crippen LogP contribution in [-0.2, 0) is 20.7 Å². The average molecular weight is 449 g/mol. The van der Waals surface area contributed by atoms with Crippen LogP contribution in [0.2, 0.25) is 0 Å². The molecule has 0 amide bonds. The highest BCUT2D eigenvalue weighted by Gasteiger charge is 2.54. The van der Waals surface area contributed by atoms with Crippen molar-refractivity contribution in [2.45, 2.75) is 44.3 Å². The summed E-state index contributed by atoms with van der Waals surface area (Å²) in [6, 6.07) is 4.32. The lowest BCUT2D eigenvalue weighted by atomic mass is 9.79. The Morgan fingerprint density at radius 3 is 2.72 bits per heavy atom. The molecule has 5 nitrogen and oxygen atoms in total. The van der Waals surface area contributed by atoms with E-state index in [1.165, 1.54) is 13.2 Å². The Morgan fingerprint density at radius 1 is 1.34 bits per heavy atom. The summed E-state index contributed by atoms with van der Waals surface area (Å²) in [6.07, 6.45) is 3.38. The molecule has 1 fully saturated rings. The molecule has 1 aliphatic heterocycles. The Kier molecular flexibility index (Phi) is 6.05. The van der Waals surface area contributed by atoms with Gasteiger partial charge in [0.05, 0.1) is 7.11 Å². The lowest BCUT2D eigenvalue weighted by Crippen LogP contribution is -2.42. The first-order valence-electron chi connectivity index (χ1n) is 10.8. The predicted octanol–water partition coefficient (Wildman–Crippen LogP) is 4.40. The fourth-order valence-corrected chi connectivity index (χ4v) is 4.42. The lowest BCUT2D eigenvalue weighted by Gasteiger charge is -2.34. The number of carbonyl (C=O) groups is 2. The molecule has 2 unspecified atom stereocenters. The zero-order valence-corrected chi connectivity index (χ0v) is 17.9. The van der Waals surface area contributed by atoms with Crippen LogP contribution in [0.5, 0.6) is 5.75 Å². The van der Waals surface area contributed by atoms with E-state index in [0.29, 0.717) is 30.9 Å². The van der Waals surface area contributed by atoms with E-state index in [2.05, 4.69) is 0 Å². The third kappa shape index (κ3) is 4.27. The van der Waals surface area contributed by atoms with Gasteiger partial charge < -0.3 is 19.2 Å². The van der Waals surface area contributed by atoms with Crippen molar-refractivity contribution in [3.8, 4) is 5.75 Å². The molecule has 0 radical (unpaired) electrons. The highest BCUT2D eigenvalue weighted by molar-refractivity contribution is 5.84. The average Bonchev–Trinajstić information content (AvgIpc) is 3.55. The van der Waals surface area contributed by atoms with Gasteiger partial charge in [-0.3, -0.25) is 0 Å². The van der Waals surface area contributed by atoms with Crippen molar-refractivity contribution in [3.05, 3.63) is 47.6 Å². The Morgan fingerprint density at radius 2 is 2.12 bits per heavy atom. The van der Waals surface area contributed by atoms with E-state index in [0.717, 1.165) is 29.7 Å². The molecular weight excluding hydrogens is 423 g/mol. The number of fused-ring (bicyclic) bond motifs is 1. The van der Waals surface area contributed by atoms with Crippen LogP contribution in [0.25, 0.3) is 0 Å². The smallest absolute Gasteiger partial charge is 0.401 e. The number of ether oxygens (including phenoxy) is 2. The molecule has 8 heteroatoms. The van der Waals surface area contributed by atoms with Crippen molar-refractivity contribution in [2.24, 2.45) is 11.3 Å². The standard InChI is InChI=1S/C24H26F3NO4/c1-31-22(30)21(9-13-29)28-12-8-18-14-19(4-5-20(18)28)32-15-23(24(25,26)27)10-6-17(7-11-23)16-2-3-16/h4-7,10,13-14,16,21H,2-3,8-9,11-12,15H2,1H3. The second-order valence-corrected chi connectivity index (χ2v) is 8.63. The van der Waals surface area contributed by atoms with Gasteiger partial charge in [0.15, 0.2) is 0 Å². The van der Waals surface area contributed by atoms with Gasteiger partial charge in [-0.2, -0.15) is 13.2 Å². The van der Waals surface area contributed by atoms with Crippen LogP contribution in [0.1, 0.15) is 31.2 Å². The molecule has 0 bridgehead atoms. The van der Waals surface area contributed by atoms with Crippen LogP contribution >= 0.6 is 0 Å². The molecular formula is C24H26F3NO4. The number of aldehydes is 1. The molecule has 0 N–H and O–H groups in total. The van der Waals surface area contributed by atoms with Gasteiger partial charge in [0.2, 0.25) is 0 Å². The largest absolute Gasteiger partial charge is 0.492 e. The summed E-state index contributed by atoms with van der Waals surface area (Å²) in [6.45, 7) is 0.0102. The number of allylic oxidation sites excluding steroid dienone is 3. The molecule has 172 valence electrons. The number of benzene rings is 1. The van der Waals surface area contributed by atoms with Gasteiger partial charge in [0, 0.05) is 18.7 Å². The fraction of sp³-hybridized carbons (Fsp3) is 0.500. The number of alkyl halides is 3. The van der Waals surface area contributed by atoms with E-state index in [1.54, 1.807) is 35.3 Å². The molecule has 0 aromatic heterocycles. The number of rotatable bonds is 8. The number of esters is 1. The van der Waals surface area contributed by atoms with Gasteiger partial charge in [-0.05, 0) is 60.9 Å². The summed E-state index contributed by atoms with van der Waals surface area (Å²) in [5.41, 5.74) is 0.572. The molecule has 32 heavy (non-hydrogen) atoms. The SMILES string of the molecule is COC(=O)C(CC=O)N1CCc2cc(OCC3(C(F)(F)F)C=CC(C4CC4)=CC3)ccc21. The van der Waals surface area contributed by atoms with E-state index < -0.39 is 30.2 Å². The Balaban J connectivity index is 1.48. The topological polar surface area (TPSA) is 55.8 Å². The maximum absolute atomic E-state index is 13.9. The molecule has 1 heterocycles. The highest BCUT2D eigenvalue weighted by atomic mass is 19.4. The Labute approximate surface area is 184 Å². The number of hydrogen-bond acceptors (Lipinski definition) is 5. The van der Waals surface area contributed by atoms with Crippen LogP contribution in [-0.4, -0.2) is 44.7 Å². The molecule has 2 atom stereocenters. The summed E-state index contributed by atoms with van der Waals surface area (Å²) in [5, 5.41) is 0. The minimum absolute atomic E-state index is 0.00116. The van der Waals surface area contributed by atoms with Crippen LogP contribution < -0.4 is 9.64 Å². The number of methoxy groups -OCH3 is 1. The molecule has 1 saturated carbocycles. The predicted molar refractivity (Wildman–Crippen MR) is 113 cm³/mol. The Hall–Kier alpha value is -2.77. The van der Waals surface area contributed by atoms with E-state index in [-0.39, 0.29) is 12.8 Å². The van der Waals surface area contributed by atoms with Crippen LogP contribution in [0, 0.1) is 11.3 Å². The van der Waals surface area contributed by atoms with Crippen LogP contribution in [0.4, 0.5) is 18.9 Å². The summed E-state index contributed by atoms with van der Waals surface area (Å²) >= 11 is 0. The zero-order valence-electron chi connectivity index (χ0n) is 17.9.